The van der Waals surface area contributed by atoms with E-state index in [0.29, 0.717) is 13.2 Å². The number of aromatic nitrogens is 1. The Morgan fingerprint density at radius 3 is 2.88 bits per heavy atom. The van der Waals surface area contributed by atoms with E-state index in [4.69, 9.17) is 16.3 Å². The highest BCUT2D eigenvalue weighted by molar-refractivity contribution is 6.30. The number of anilines is 2. The molecule has 1 aromatic heterocycles. The lowest BCUT2D eigenvalue weighted by molar-refractivity contribution is 0.0989. The first-order chi connectivity index (χ1) is 12.6. The van der Waals surface area contributed by atoms with E-state index in [0.717, 1.165) is 42.5 Å². The fraction of sp³-hybridized carbons (Fsp3) is 0.450. The molecule has 3 heterocycles. The third kappa shape index (κ3) is 3.46. The van der Waals surface area contributed by atoms with Crippen molar-refractivity contribution >= 4 is 23.1 Å². The van der Waals surface area contributed by atoms with Crippen LogP contribution in [-0.2, 0) is 4.74 Å². The Kier molecular flexibility index (Phi) is 4.92. The summed E-state index contributed by atoms with van der Waals surface area (Å²) < 4.78 is 5.53. The van der Waals surface area contributed by atoms with Gasteiger partial charge in [0.25, 0.3) is 5.56 Å². The number of rotatable bonds is 3. The van der Waals surface area contributed by atoms with Crippen molar-refractivity contribution in [2.24, 2.45) is 0 Å². The number of nitrogens with zero attached hydrogens (tertiary/aromatic N) is 2. The van der Waals surface area contributed by atoms with E-state index < -0.39 is 0 Å². The molecule has 2 fully saturated rings. The van der Waals surface area contributed by atoms with E-state index in [9.17, 15) is 4.79 Å². The summed E-state index contributed by atoms with van der Waals surface area (Å²) in [6.45, 7) is 5.25. The largest absolute Gasteiger partial charge is 0.377 e. The van der Waals surface area contributed by atoms with Crippen molar-refractivity contribution in [1.29, 1.82) is 0 Å². The van der Waals surface area contributed by atoms with E-state index >= 15 is 0 Å². The van der Waals surface area contributed by atoms with Crippen LogP contribution in [0.25, 0.3) is 0 Å². The van der Waals surface area contributed by atoms with Gasteiger partial charge in [-0.1, -0.05) is 23.7 Å². The van der Waals surface area contributed by atoms with E-state index in [1.54, 1.807) is 6.07 Å². The van der Waals surface area contributed by atoms with E-state index in [1.807, 2.05) is 18.2 Å². The third-order valence-corrected chi connectivity index (χ3v) is 5.54. The Hall–Kier alpha value is -1.98. The number of H-pyrrole nitrogens is 1. The fourth-order valence-electron chi connectivity index (χ4n) is 4.06. The van der Waals surface area contributed by atoms with Crippen LogP contribution < -0.4 is 15.4 Å². The van der Waals surface area contributed by atoms with Gasteiger partial charge in [0.1, 0.15) is 5.82 Å². The number of benzene rings is 1. The molecule has 0 amide bonds. The minimum atomic E-state index is -0.0621. The van der Waals surface area contributed by atoms with E-state index in [1.165, 1.54) is 5.56 Å². The van der Waals surface area contributed by atoms with Crippen LogP contribution in [0.3, 0.4) is 0 Å². The maximum Gasteiger partial charge on any atom is 0.251 e. The number of hydrogen-bond donors (Lipinski definition) is 1. The second-order valence-corrected chi connectivity index (χ2v) is 7.55. The Morgan fingerprint density at radius 1 is 1.19 bits per heavy atom. The summed E-state index contributed by atoms with van der Waals surface area (Å²) in [7, 11) is 0. The van der Waals surface area contributed by atoms with Gasteiger partial charge in [-0.2, -0.15) is 0 Å². The topological polar surface area (TPSA) is 48.6 Å². The molecular formula is C20H24ClN3O2. The first kappa shape index (κ1) is 17.4. The highest BCUT2D eigenvalue weighted by Gasteiger charge is 2.28. The molecule has 0 bridgehead atoms. The molecule has 2 atom stereocenters. The van der Waals surface area contributed by atoms with Gasteiger partial charge in [-0.3, -0.25) is 4.79 Å². The van der Waals surface area contributed by atoms with Gasteiger partial charge >= 0.3 is 0 Å². The molecule has 6 heteroatoms. The molecule has 0 unspecified atom stereocenters. The second kappa shape index (κ2) is 7.33. The lowest BCUT2D eigenvalue weighted by Crippen LogP contribution is -2.44. The molecule has 2 saturated heterocycles. The molecule has 26 heavy (non-hydrogen) atoms. The van der Waals surface area contributed by atoms with Gasteiger partial charge < -0.3 is 19.5 Å². The van der Waals surface area contributed by atoms with Gasteiger partial charge in [0.05, 0.1) is 19.3 Å². The van der Waals surface area contributed by atoms with Gasteiger partial charge in [0, 0.05) is 42.0 Å². The third-order valence-electron chi connectivity index (χ3n) is 5.31. The maximum absolute atomic E-state index is 12.4. The van der Waals surface area contributed by atoms with Gasteiger partial charge in [0.2, 0.25) is 0 Å². The van der Waals surface area contributed by atoms with Gasteiger partial charge in [-0.05, 0) is 37.5 Å². The molecule has 138 valence electrons. The van der Waals surface area contributed by atoms with Gasteiger partial charge in [-0.15, -0.1) is 0 Å². The monoisotopic (exact) mass is 373 g/mol. The minimum absolute atomic E-state index is 0.0621. The van der Waals surface area contributed by atoms with Crippen LogP contribution in [0.5, 0.6) is 0 Å². The number of pyridine rings is 1. The summed E-state index contributed by atoms with van der Waals surface area (Å²) in [5.41, 5.74) is 2.10. The van der Waals surface area contributed by atoms with E-state index in [-0.39, 0.29) is 17.6 Å². The van der Waals surface area contributed by atoms with Crippen LogP contribution in [-0.4, -0.2) is 37.3 Å². The summed E-state index contributed by atoms with van der Waals surface area (Å²) in [6, 6.07) is 12.3. The number of nitrogens with one attached hydrogen (secondary N) is 1. The molecule has 2 aromatic rings. The van der Waals surface area contributed by atoms with Crippen molar-refractivity contribution in [3.05, 3.63) is 57.3 Å². The molecule has 5 nitrogen and oxygen atoms in total. The molecular weight excluding hydrogens is 350 g/mol. The van der Waals surface area contributed by atoms with Crippen molar-refractivity contribution in [2.75, 3.05) is 36.1 Å². The number of hydrogen-bond acceptors (Lipinski definition) is 4. The van der Waals surface area contributed by atoms with Crippen LogP contribution in [0.1, 0.15) is 31.4 Å². The smallest absolute Gasteiger partial charge is 0.251 e. The van der Waals surface area contributed by atoms with Crippen molar-refractivity contribution in [3.63, 3.8) is 0 Å². The number of halogens is 1. The summed E-state index contributed by atoms with van der Waals surface area (Å²) in [4.78, 5) is 19.9. The number of morpholine rings is 1. The number of aromatic amines is 1. The van der Waals surface area contributed by atoms with Crippen LogP contribution >= 0.6 is 11.6 Å². The Bertz CT molecular complexity index is 838. The molecule has 0 aliphatic carbocycles. The van der Waals surface area contributed by atoms with Crippen molar-refractivity contribution in [2.45, 2.75) is 31.8 Å². The lowest BCUT2D eigenvalue weighted by atomic mass is 10.0. The van der Waals surface area contributed by atoms with Crippen LogP contribution in [0.4, 0.5) is 11.5 Å². The van der Waals surface area contributed by atoms with Crippen molar-refractivity contribution in [3.8, 4) is 0 Å². The molecule has 2 aliphatic rings. The zero-order valence-electron chi connectivity index (χ0n) is 15.0. The SMILES string of the molecule is C[C@@H]1COCCN1c1cc(N2CCC[C@@H]2c2cccc(Cl)c2)[nH]c(=O)c1. The summed E-state index contributed by atoms with van der Waals surface area (Å²) in [6.07, 6.45) is 2.15. The molecule has 0 radical (unpaired) electrons. The Morgan fingerprint density at radius 2 is 2.08 bits per heavy atom. The first-order valence-corrected chi connectivity index (χ1v) is 9.60. The minimum Gasteiger partial charge on any atom is -0.377 e. The maximum atomic E-state index is 12.4. The molecule has 1 N–H and O–H groups in total. The highest BCUT2D eigenvalue weighted by atomic mass is 35.5. The average molecular weight is 374 g/mol. The summed E-state index contributed by atoms with van der Waals surface area (Å²) >= 11 is 6.19. The van der Waals surface area contributed by atoms with E-state index in [2.05, 4.69) is 33.8 Å². The molecule has 4 rings (SSSR count). The zero-order valence-corrected chi connectivity index (χ0v) is 15.7. The molecule has 2 aliphatic heterocycles. The van der Waals surface area contributed by atoms with Crippen LogP contribution in [0.2, 0.25) is 5.02 Å². The van der Waals surface area contributed by atoms with Crippen LogP contribution in [0, 0.1) is 0 Å². The Labute approximate surface area is 158 Å². The molecule has 0 saturated carbocycles. The first-order valence-electron chi connectivity index (χ1n) is 9.23. The predicted molar refractivity (Wildman–Crippen MR) is 105 cm³/mol. The summed E-state index contributed by atoms with van der Waals surface area (Å²) in [5.74, 6) is 0.883. The highest BCUT2D eigenvalue weighted by Crippen LogP contribution is 2.36. The normalized spacial score (nSPS) is 23.5. The van der Waals surface area contributed by atoms with Crippen LogP contribution in [0.15, 0.2) is 41.2 Å². The zero-order chi connectivity index (χ0) is 18.1. The van der Waals surface area contributed by atoms with Gasteiger partial charge in [-0.25, -0.2) is 0 Å². The molecule has 0 spiro atoms. The Balaban J connectivity index is 1.67. The predicted octanol–water partition coefficient (Wildman–Crippen LogP) is 3.59. The standard InChI is InChI=1S/C20H24ClN3O2/c1-14-13-26-9-8-23(14)17-11-19(22-20(25)12-17)24-7-3-6-18(24)15-4-2-5-16(21)10-15/h2,4-5,10-12,14,18H,3,6-9,13H2,1H3,(H,22,25)/t14-,18-/m1/s1. The van der Waals surface area contributed by atoms with Crippen molar-refractivity contribution < 1.29 is 4.74 Å². The molecule has 1 aromatic carbocycles. The lowest BCUT2D eigenvalue weighted by Gasteiger charge is -2.36. The second-order valence-electron chi connectivity index (χ2n) is 7.11. The quantitative estimate of drug-likeness (QED) is 0.893. The van der Waals surface area contributed by atoms with Gasteiger partial charge in [0.15, 0.2) is 0 Å². The summed E-state index contributed by atoms with van der Waals surface area (Å²) in [5, 5.41) is 0.749. The number of ether oxygens (including phenoxy) is 1. The fourth-order valence-corrected chi connectivity index (χ4v) is 4.26. The average Bonchev–Trinajstić information content (AvgIpc) is 3.11. The van der Waals surface area contributed by atoms with Crippen molar-refractivity contribution in [1.82, 2.24) is 4.98 Å².